The normalized spacial score (nSPS) is 10.8. The summed E-state index contributed by atoms with van der Waals surface area (Å²) >= 11 is 13.9. The number of thiazole rings is 1. The first kappa shape index (κ1) is 14.6. The van der Waals surface area contributed by atoms with E-state index in [2.05, 4.69) is 25.8 Å². The molecule has 0 unspecified atom stereocenters. The Kier molecular flexibility index (Phi) is 4.71. The Bertz CT molecular complexity index is 581. The van der Waals surface area contributed by atoms with Gasteiger partial charge in [0, 0.05) is 29.1 Å². The van der Waals surface area contributed by atoms with Crippen LogP contribution in [0.2, 0.25) is 10.0 Å². The van der Waals surface area contributed by atoms with Crippen LogP contribution in [0.15, 0.2) is 18.2 Å². The van der Waals surface area contributed by atoms with Crippen LogP contribution in [-0.4, -0.2) is 18.6 Å². The van der Waals surface area contributed by atoms with Crippen LogP contribution in [0.1, 0.15) is 18.2 Å². The molecule has 1 aromatic heterocycles. The highest BCUT2D eigenvalue weighted by atomic mass is 35.5. The van der Waals surface area contributed by atoms with Crippen molar-refractivity contribution >= 4 is 39.7 Å². The van der Waals surface area contributed by atoms with E-state index in [1.54, 1.807) is 17.4 Å². The van der Waals surface area contributed by atoms with Gasteiger partial charge in [0.1, 0.15) is 0 Å². The van der Waals surface area contributed by atoms with E-state index < -0.39 is 0 Å². The molecule has 1 heterocycles. The summed E-state index contributed by atoms with van der Waals surface area (Å²) in [7, 11) is 2.06. The second kappa shape index (κ2) is 6.12. The van der Waals surface area contributed by atoms with Gasteiger partial charge in [0.15, 0.2) is 5.13 Å². The fourth-order valence-corrected chi connectivity index (χ4v) is 3.32. The minimum atomic E-state index is 0.643. The summed E-state index contributed by atoms with van der Waals surface area (Å²) in [6.07, 6.45) is 1.10. The van der Waals surface area contributed by atoms with Crippen molar-refractivity contribution < 1.29 is 0 Å². The van der Waals surface area contributed by atoms with Gasteiger partial charge in [0.25, 0.3) is 0 Å². The predicted molar refractivity (Wildman–Crippen MR) is 85.9 cm³/mol. The zero-order valence-electron chi connectivity index (χ0n) is 11.2. The molecule has 0 aliphatic heterocycles. The minimum absolute atomic E-state index is 0.643. The molecule has 1 aromatic carbocycles. The van der Waals surface area contributed by atoms with Crippen LogP contribution in [0.5, 0.6) is 0 Å². The largest absolute Gasteiger partial charge is 0.351 e. The summed E-state index contributed by atoms with van der Waals surface area (Å²) in [5, 5.41) is 2.32. The first-order valence-corrected chi connectivity index (χ1v) is 7.74. The standard InChI is InChI=1S/C14H16Cl2N2S/c1-4-7-18(3)14-17-13(9(2)19-14)11-6-5-10(15)8-12(11)16/h5-6,8H,4,7H2,1-3H3. The Balaban J connectivity index is 2.40. The van der Waals surface area contributed by atoms with Crippen molar-refractivity contribution in [2.75, 3.05) is 18.5 Å². The van der Waals surface area contributed by atoms with Gasteiger partial charge in [-0.15, -0.1) is 11.3 Å². The summed E-state index contributed by atoms with van der Waals surface area (Å²) < 4.78 is 0. The van der Waals surface area contributed by atoms with Gasteiger partial charge in [0.05, 0.1) is 10.7 Å². The van der Waals surface area contributed by atoms with Gasteiger partial charge in [-0.1, -0.05) is 30.1 Å². The van der Waals surface area contributed by atoms with Crippen LogP contribution in [-0.2, 0) is 0 Å². The van der Waals surface area contributed by atoms with E-state index in [9.17, 15) is 0 Å². The molecule has 0 saturated carbocycles. The molecule has 0 radical (unpaired) electrons. The summed E-state index contributed by atoms with van der Waals surface area (Å²) in [4.78, 5) is 8.05. The molecule has 19 heavy (non-hydrogen) atoms. The molecule has 2 rings (SSSR count). The molecular weight excluding hydrogens is 299 g/mol. The number of hydrogen-bond acceptors (Lipinski definition) is 3. The zero-order chi connectivity index (χ0) is 14.0. The predicted octanol–water partition coefficient (Wildman–Crippen LogP) is 5.27. The van der Waals surface area contributed by atoms with Crippen molar-refractivity contribution in [3.8, 4) is 11.3 Å². The average Bonchev–Trinajstić information content (AvgIpc) is 2.72. The van der Waals surface area contributed by atoms with Gasteiger partial charge in [-0.3, -0.25) is 0 Å². The van der Waals surface area contributed by atoms with Gasteiger partial charge in [-0.2, -0.15) is 0 Å². The lowest BCUT2D eigenvalue weighted by molar-refractivity contribution is 0.848. The zero-order valence-corrected chi connectivity index (χ0v) is 13.5. The number of nitrogens with zero attached hydrogens (tertiary/aromatic N) is 2. The molecule has 0 aliphatic carbocycles. The Hall–Kier alpha value is -0.770. The number of benzene rings is 1. The van der Waals surface area contributed by atoms with E-state index in [4.69, 9.17) is 28.2 Å². The Morgan fingerprint density at radius 1 is 1.32 bits per heavy atom. The number of aryl methyl sites for hydroxylation is 1. The lowest BCUT2D eigenvalue weighted by atomic mass is 10.1. The third-order valence-electron chi connectivity index (χ3n) is 2.86. The van der Waals surface area contributed by atoms with Gasteiger partial charge >= 0.3 is 0 Å². The van der Waals surface area contributed by atoms with Crippen LogP contribution in [0.4, 0.5) is 5.13 Å². The molecule has 5 heteroatoms. The van der Waals surface area contributed by atoms with Crippen LogP contribution in [0.3, 0.4) is 0 Å². The van der Waals surface area contributed by atoms with Crippen molar-refractivity contribution in [3.05, 3.63) is 33.1 Å². The second-order valence-electron chi connectivity index (χ2n) is 4.45. The topological polar surface area (TPSA) is 16.1 Å². The van der Waals surface area contributed by atoms with E-state index in [1.807, 2.05) is 12.1 Å². The summed E-state index contributed by atoms with van der Waals surface area (Å²) in [6.45, 7) is 5.23. The molecule has 0 bridgehead atoms. The molecule has 0 aliphatic rings. The van der Waals surface area contributed by atoms with Crippen molar-refractivity contribution in [1.29, 1.82) is 0 Å². The highest BCUT2D eigenvalue weighted by molar-refractivity contribution is 7.16. The SMILES string of the molecule is CCCN(C)c1nc(-c2ccc(Cl)cc2Cl)c(C)s1. The molecule has 0 amide bonds. The lowest BCUT2D eigenvalue weighted by Crippen LogP contribution is -2.17. The van der Waals surface area contributed by atoms with E-state index in [-0.39, 0.29) is 0 Å². The van der Waals surface area contributed by atoms with Crippen LogP contribution in [0.25, 0.3) is 11.3 Å². The molecular formula is C14H16Cl2N2S. The van der Waals surface area contributed by atoms with Crippen molar-refractivity contribution in [2.24, 2.45) is 0 Å². The molecule has 102 valence electrons. The van der Waals surface area contributed by atoms with Crippen molar-refractivity contribution in [3.63, 3.8) is 0 Å². The van der Waals surface area contributed by atoms with E-state index in [0.29, 0.717) is 10.0 Å². The van der Waals surface area contributed by atoms with Crippen LogP contribution >= 0.6 is 34.5 Å². The van der Waals surface area contributed by atoms with Gasteiger partial charge in [0.2, 0.25) is 0 Å². The van der Waals surface area contributed by atoms with Crippen molar-refractivity contribution in [1.82, 2.24) is 4.98 Å². The molecule has 0 N–H and O–H groups in total. The smallest absolute Gasteiger partial charge is 0.185 e. The first-order valence-electron chi connectivity index (χ1n) is 6.17. The summed E-state index contributed by atoms with van der Waals surface area (Å²) in [6, 6.07) is 5.53. The summed E-state index contributed by atoms with van der Waals surface area (Å²) in [5.41, 5.74) is 1.89. The monoisotopic (exact) mass is 314 g/mol. The fourth-order valence-electron chi connectivity index (χ4n) is 1.91. The van der Waals surface area contributed by atoms with E-state index >= 15 is 0 Å². The number of hydrogen-bond donors (Lipinski definition) is 0. The maximum absolute atomic E-state index is 6.25. The maximum Gasteiger partial charge on any atom is 0.185 e. The third-order valence-corrected chi connectivity index (χ3v) is 4.49. The van der Waals surface area contributed by atoms with Gasteiger partial charge in [-0.05, 0) is 31.5 Å². The molecule has 0 spiro atoms. The fraction of sp³-hybridized carbons (Fsp3) is 0.357. The minimum Gasteiger partial charge on any atom is -0.351 e. The summed E-state index contributed by atoms with van der Waals surface area (Å²) in [5.74, 6) is 0. The van der Waals surface area contributed by atoms with Gasteiger partial charge < -0.3 is 4.90 Å². The van der Waals surface area contributed by atoms with Crippen LogP contribution < -0.4 is 4.90 Å². The van der Waals surface area contributed by atoms with Crippen LogP contribution in [0, 0.1) is 6.92 Å². The molecule has 0 atom stereocenters. The van der Waals surface area contributed by atoms with Crippen molar-refractivity contribution in [2.45, 2.75) is 20.3 Å². The number of rotatable bonds is 4. The van der Waals surface area contributed by atoms with E-state index in [1.165, 1.54) is 4.88 Å². The molecule has 0 saturated heterocycles. The van der Waals surface area contributed by atoms with E-state index in [0.717, 1.165) is 29.4 Å². The Morgan fingerprint density at radius 2 is 2.05 bits per heavy atom. The first-order chi connectivity index (χ1) is 9.02. The average molecular weight is 315 g/mol. The third kappa shape index (κ3) is 3.22. The second-order valence-corrected chi connectivity index (χ2v) is 6.47. The quantitative estimate of drug-likeness (QED) is 0.764. The Labute approximate surface area is 128 Å². The molecule has 2 nitrogen and oxygen atoms in total. The van der Waals surface area contributed by atoms with Gasteiger partial charge in [-0.25, -0.2) is 4.98 Å². The number of aromatic nitrogens is 1. The highest BCUT2D eigenvalue weighted by Crippen LogP contribution is 2.36. The maximum atomic E-state index is 6.25. The highest BCUT2D eigenvalue weighted by Gasteiger charge is 2.14. The Morgan fingerprint density at radius 3 is 2.68 bits per heavy atom. The molecule has 0 fully saturated rings. The lowest BCUT2D eigenvalue weighted by Gasteiger charge is -2.13. The number of anilines is 1. The number of halogens is 2. The molecule has 2 aromatic rings.